The highest BCUT2D eigenvalue weighted by molar-refractivity contribution is 7.92. The Hall–Kier alpha value is -2.22. The highest BCUT2D eigenvalue weighted by Gasteiger charge is 2.20. The number of rotatable bonds is 6. The molecule has 0 aliphatic rings. The number of carbonyl (C=O) groups excluding carboxylic acids is 1. The van der Waals surface area contributed by atoms with Crippen LogP contribution in [0.15, 0.2) is 59.1 Å². The number of nitrogens with one attached hydrogen (secondary N) is 1. The van der Waals surface area contributed by atoms with E-state index in [9.17, 15) is 13.2 Å². The van der Waals surface area contributed by atoms with Gasteiger partial charge in [-0.1, -0.05) is 23.7 Å². The van der Waals surface area contributed by atoms with Gasteiger partial charge in [0.05, 0.1) is 10.1 Å². The Morgan fingerprint density at radius 1 is 1.22 bits per heavy atom. The molecule has 0 atom stereocenters. The molecule has 0 aliphatic heterocycles. The molecule has 1 amide bonds. The molecule has 0 unspecified atom stereocenters. The first kappa shape index (κ1) is 19.5. The van der Waals surface area contributed by atoms with Crippen LogP contribution in [0.3, 0.4) is 0 Å². The molecule has 2 heterocycles. The van der Waals surface area contributed by atoms with Crippen LogP contribution in [-0.4, -0.2) is 19.3 Å². The molecule has 1 N–H and O–H groups in total. The van der Waals surface area contributed by atoms with E-state index in [1.807, 2.05) is 13.0 Å². The van der Waals surface area contributed by atoms with Crippen molar-refractivity contribution in [3.8, 4) is 0 Å². The Labute approximate surface area is 167 Å². The number of hydrogen-bond acceptors (Lipinski definition) is 5. The maximum absolute atomic E-state index is 12.6. The molecule has 0 aliphatic carbocycles. The third-order valence-corrected chi connectivity index (χ3v) is 7.47. The number of sulfone groups is 1. The standard InChI is InChI=1S/C19H17ClN2O3S2/c1-13-4-5-15(19(23)22-11-14-3-2-8-21-10-14)9-16(13)12-27(24,25)18-7-6-17(20)26-18/h2-10H,11-12H2,1H3,(H,22,23). The average Bonchev–Trinajstić information content (AvgIpc) is 3.10. The van der Waals surface area contributed by atoms with E-state index in [2.05, 4.69) is 10.3 Å². The van der Waals surface area contributed by atoms with Crippen molar-refractivity contribution in [3.05, 3.63) is 81.4 Å². The minimum absolute atomic E-state index is 0.181. The summed E-state index contributed by atoms with van der Waals surface area (Å²) in [6.07, 6.45) is 3.35. The van der Waals surface area contributed by atoms with Gasteiger partial charge in [0.25, 0.3) is 5.91 Å². The van der Waals surface area contributed by atoms with Crippen molar-refractivity contribution in [3.63, 3.8) is 0 Å². The predicted octanol–water partition coefficient (Wildman–Crippen LogP) is 4.01. The van der Waals surface area contributed by atoms with E-state index in [1.54, 1.807) is 42.7 Å². The Bertz CT molecular complexity index is 1060. The third-order valence-electron chi connectivity index (χ3n) is 3.99. The van der Waals surface area contributed by atoms with Gasteiger partial charge in [-0.25, -0.2) is 8.42 Å². The Morgan fingerprint density at radius 3 is 2.70 bits per heavy atom. The smallest absolute Gasteiger partial charge is 0.251 e. The number of pyridine rings is 1. The Kier molecular flexibility index (Phi) is 5.94. The van der Waals surface area contributed by atoms with Gasteiger partial charge in [0, 0.05) is 24.5 Å². The zero-order chi connectivity index (χ0) is 19.4. The Balaban J connectivity index is 1.76. The van der Waals surface area contributed by atoms with Crippen LogP contribution in [0.25, 0.3) is 0 Å². The quantitative estimate of drug-likeness (QED) is 0.653. The molecule has 140 valence electrons. The molecule has 0 bridgehead atoms. The van der Waals surface area contributed by atoms with Gasteiger partial charge in [0.2, 0.25) is 0 Å². The van der Waals surface area contributed by atoms with Crippen LogP contribution < -0.4 is 5.32 Å². The van der Waals surface area contributed by atoms with Crippen molar-refractivity contribution in [1.29, 1.82) is 0 Å². The van der Waals surface area contributed by atoms with Crippen molar-refractivity contribution >= 4 is 38.7 Å². The molecule has 0 spiro atoms. The van der Waals surface area contributed by atoms with E-state index in [0.717, 1.165) is 22.5 Å². The molecule has 1 aromatic carbocycles. The largest absolute Gasteiger partial charge is 0.348 e. The van der Waals surface area contributed by atoms with E-state index in [1.165, 1.54) is 6.07 Å². The number of carbonyl (C=O) groups is 1. The zero-order valence-electron chi connectivity index (χ0n) is 14.5. The number of thiophene rings is 1. The fourth-order valence-corrected chi connectivity index (χ4v) is 5.50. The normalized spacial score (nSPS) is 11.3. The van der Waals surface area contributed by atoms with Crippen molar-refractivity contribution in [2.75, 3.05) is 0 Å². The van der Waals surface area contributed by atoms with E-state index in [0.29, 0.717) is 22.0 Å². The summed E-state index contributed by atoms with van der Waals surface area (Å²) in [7, 11) is -3.52. The van der Waals surface area contributed by atoms with Crippen molar-refractivity contribution in [1.82, 2.24) is 10.3 Å². The lowest BCUT2D eigenvalue weighted by Gasteiger charge is -2.10. The summed E-state index contributed by atoms with van der Waals surface area (Å²) in [4.78, 5) is 16.4. The highest BCUT2D eigenvalue weighted by Crippen LogP contribution is 2.29. The molecule has 0 radical (unpaired) electrons. The van der Waals surface area contributed by atoms with Crippen LogP contribution in [0.2, 0.25) is 4.34 Å². The van der Waals surface area contributed by atoms with Gasteiger partial charge in [-0.15, -0.1) is 11.3 Å². The first-order valence-electron chi connectivity index (χ1n) is 8.10. The topological polar surface area (TPSA) is 76.1 Å². The molecule has 8 heteroatoms. The van der Waals surface area contributed by atoms with E-state index in [4.69, 9.17) is 11.6 Å². The summed E-state index contributed by atoms with van der Waals surface area (Å²) in [6.45, 7) is 2.17. The van der Waals surface area contributed by atoms with Gasteiger partial charge in [-0.05, 0) is 53.9 Å². The highest BCUT2D eigenvalue weighted by atomic mass is 35.5. The van der Waals surface area contributed by atoms with Gasteiger partial charge in [0.1, 0.15) is 4.21 Å². The summed E-state index contributed by atoms with van der Waals surface area (Å²) in [5.74, 6) is -0.448. The van der Waals surface area contributed by atoms with Gasteiger partial charge in [0.15, 0.2) is 9.84 Å². The summed E-state index contributed by atoms with van der Waals surface area (Å²) >= 11 is 6.88. The predicted molar refractivity (Wildman–Crippen MR) is 107 cm³/mol. The average molecular weight is 421 g/mol. The second-order valence-electron chi connectivity index (χ2n) is 6.00. The molecule has 27 heavy (non-hydrogen) atoms. The van der Waals surface area contributed by atoms with Crippen molar-refractivity contribution in [2.24, 2.45) is 0 Å². The lowest BCUT2D eigenvalue weighted by Crippen LogP contribution is -2.23. The number of halogens is 1. The number of aryl methyl sites for hydroxylation is 1. The zero-order valence-corrected chi connectivity index (χ0v) is 16.9. The molecule has 3 rings (SSSR count). The SMILES string of the molecule is Cc1ccc(C(=O)NCc2cccnc2)cc1CS(=O)(=O)c1ccc(Cl)s1. The molecule has 2 aromatic heterocycles. The summed E-state index contributed by atoms with van der Waals surface area (Å²) < 4.78 is 25.9. The molecule has 3 aromatic rings. The number of hydrogen-bond donors (Lipinski definition) is 1. The second kappa shape index (κ2) is 8.21. The number of aromatic nitrogens is 1. The first-order chi connectivity index (χ1) is 12.8. The van der Waals surface area contributed by atoms with Crippen molar-refractivity contribution < 1.29 is 13.2 Å². The number of nitrogens with zero attached hydrogens (tertiary/aromatic N) is 1. The number of benzene rings is 1. The van der Waals surface area contributed by atoms with Crippen LogP contribution >= 0.6 is 22.9 Å². The molecular formula is C19H17ClN2O3S2. The maximum atomic E-state index is 12.6. The molecular weight excluding hydrogens is 404 g/mol. The maximum Gasteiger partial charge on any atom is 0.251 e. The lowest BCUT2D eigenvalue weighted by atomic mass is 10.1. The van der Waals surface area contributed by atoms with Crippen molar-refractivity contribution in [2.45, 2.75) is 23.4 Å². The van der Waals surface area contributed by atoms with Crippen LogP contribution in [-0.2, 0) is 22.1 Å². The summed E-state index contributed by atoms with van der Waals surface area (Å²) in [5, 5.41) is 2.82. The van der Waals surface area contributed by atoms with Gasteiger partial charge in [-0.2, -0.15) is 0 Å². The number of amides is 1. The van der Waals surface area contributed by atoms with Crippen LogP contribution in [0.1, 0.15) is 27.0 Å². The fourth-order valence-electron chi connectivity index (χ4n) is 2.50. The van der Waals surface area contributed by atoms with Gasteiger partial charge >= 0.3 is 0 Å². The molecule has 5 nitrogen and oxygen atoms in total. The van der Waals surface area contributed by atoms with Crippen LogP contribution in [0.4, 0.5) is 0 Å². The molecule has 0 saturated heterocycles. The molecule has 0 fully saturated rings. The van der Waals surface area contributed by atoms with E-state index in [-0.39, 0.29) is 15.9 Å². The first-order valence-corrected chi connectivity index (χ1v) is 10.9. The minimum Gasteiger partial charge on any atom is -0.348 e. The Morgan fingerprint density at radius 2 is 2.04 bits per heavy atom. The van der Waals surface area contributed by atoms with Gasteiger partial charge in [-0.3, -0.25) is 9.78 Å². The van der Waals surface area contributed by atoms with Gasteiger partial charge < -0.3 is 5.32 Å². The lowest BCUT2D eigenvalue weighted by molar-refractivity contribution is 0.0950. The van der Waals surface area contributed by atoms with E-state index < -0.39 is 9.84 Å². The summed E-state index contributed by atoms with van der Waals surface area (Å²) in [6, 6.07) is 11.8. The minimum atomic E-state index is -3.52. The summed E-state index contributed by atoms with van der Waals surface area (Å²) in [5.41, 5.74) is 2.70. The van der Waals surface area contributed by atoms with E-state index >= 15 is 0 Å². The van der Waals surface area contributed by atoms with Crippen LogP contribution in [0.5, 0.6) is 0 Å². The van der Waals surface area contributed by atoms with Crippen LogP contribution in [0, 0.1) is 6.92 Å². The molecule has 0 saturated carbocycles. The second-order valence-corrected chi connectivity index (χ2v) is 9.93. The monoisotopic (exact) mass is 420 g/mol. The fraction of sp³-hybridized carbons (Fsp3) is 0.158. The third kappa shape index (κ3) is 4.94.